The van der Waals surface area contributed by atoms with E-state index in [1.54, 1.807) is 49.3 Å². The minimum Gasteiger partial charge on any atom is -0.394 e. The van der Waals surface area contributed by atoms with Crippen LogP contribution in [-0.4, -0.2) is 107 Å². The minimum atomic E-state index is -3.14. The van der Waals surface area contributed by atoms with Gasteiger partial charge in [0, 0.05) is 29.6 Å². The third-order valence-corrected chi connectivity index (χ3v) is 11.0. The lowest BCUT2D eigenvalue weighted by Crippen LogP contribution is -2.33. The summed E-state index contributed by atoms with van der Waals surface area (Å²) in [6, 6.07) is 8.70. The number of nitrogens with one attached hydrogen (secondary N) is 2. The molecular weight excluding hydrogens is 731 g/mol. The molecule has 3 radical (unpaired) electrons. The summed E-state index contributed by atoms with van der Waals surface area (Å²) in [6.45, 7) is 6.40. The molecule has 0 saturated carbocycles. The first kappa shape index (κ1) is 37.2. The maximum atomic E-state index is 12.8. The number of imidazole rings is 2. The molecule has 5 aromatic rings. The third-order valence-electron chi connectivity index (χ3n) is 9.29. The zero-order valence-corrected chi connectivity index (χ0v) is 30.7. The number of carbonyl (C=O) groups excluding carboxylic acids is 1. The topological polar surface area (TPSA) is 240 Å². The van der Waals surface area contributed by atoms with Gasteiger partial charge in [0.2, 0.25) is 0 Å². The number of ether oxygens (including phenoxy) is 2. The average molecular weight is 767 g/mol. The van der Waals surface area contributed by atoms with Gasteiger partial charge in [0.05, 0.1) is 32.0 Å². The van der Waals surface area contributed by atoms with Crippen molar-refractivity contribution in [3.8, 4) is 0 Å². The monoisotopic (exact) mass is 767 g/mol. The summed E-state index contributed by atoms with van der Waals surface area (Å²) in [7, 11) is 0.475. The Morgan fingerprint density at radius 2 is 1.72 bits per heavy atom. The van der Waals surface area contributed by atoms with Crippen molar-refractivity contribution >= 4 is 57.5 Å². The fourth-order valence-electron chi connectivity index (χ4n) is 6.64. The number of nitrogens with zero attached hydrogens (tertiary/aromatic N) is 7. The van der Waals surface area contributed by atoms with E-state index in [1.165, 1.54) is 23.5 Å². The van der Waals surface area contributed by atoms with Gasteiger partial charge in [-0.2, -0.15) is 0 Å². The van der Waals surface area contributed by atoms with E-state index in [2.05, 4.69) is 35.2 Å². The van der Waals surface area contributed by atoms with E-state index < -0.39 is 70.1 Å². The van der Waals surface area contributed by atoms with Gasteiger partial charge in [-0.3, -0.25) is 27.8 Å². The first-order valence-corrected chi connectivity index (χ1v) is 19.8. The molecule has 2 saturated heterocycles. The van der Waals surface area contributed by atoms with Gasteiger partial charge in [-0.05, 0) is 19.1 Å². The highest BCUT2D eigenvalue weighted by Crippen LogP contribution is 2.57. The summed E-state index contributed by atoms with van der Waals surface area (Å²) in [5, 5.41) is 13.1. The Hall–Kier alpha value is -4.10. The van der Waals surface area contributed by atoms with Gasteiger partial charge in [0.1, 0.15) is 37.2 Å². The fourth-order valence-corrected chi connectivity index (χ4v) is 8.46. The number of rotatable bonds is 12. The largest absolute Gasteiger partial charge is 0.695 e. The number of anilines is 1. The molecule has 2 aliphatic rings. The third kappa shape index (κ3) is 7.39. The van der Waals surface area contributed by atoms with Crippen LogP contribution < -0.4 is 10.9 Å². The average Bonchev–Trinajstić information content (AvgIpc) is 3.89. The van der Waals surface area contributed by atoms with Crippen LogP contribution >= 0.6 is 15.8 Å². The van der Waals surface area contributed by atoms with Gasteiger partial charge in [-0.25, -0.2) is 32.5 Å². The summed E-state index contributed by atoms with van der Waals surface area (Å²) in [4.78, 5) is 59.2. The summed E-state index contributed by atoms with van der Waals surface area (Å²) in [6.07, 6.45) is -0.630. The lowest BCUT2D eigenvalue weighted by Gasteiger charge is -2.35. The summed E-state index contributed by atoms with van der Waals surface area (Å²) in [5.74, 6) is -0.675. The second kappa shape index (κ2) is 15.0. The Balaban J connectivity index is 1.05. The lowest BCUT2D eigenvalue weighted by atomic mass is 10.0. The molecule has 4 unspecified atom stereocenters. The van der Waals surface area contributed by atoms with Gasteiger partial charge >= 0.3 is 8.25 Å². The number of aliphatic hydroxyl groups excluding tert-OH is 1. The molecular formula is C31H36BN9O10P2+. The normalized spacial score (nSPS) is 27.3. The Morgan fingerprint density at radius 3 is 2.43 bits per heavy atom. The van der Waals surface area contributed by atoms with Crippen LogP contribution in [-0.2, 0) is 27.6 Å². The standard InChI is InChI=1S/C31H34BN9O10P2/c1-15-20(49-31(24(15)50-52(45)46)41-14-36-22-27(41)37-17(3)38-29(22)44)11-47-53(4,32)51-23-16(2)30(48-19(23)10-42)40-13-35-21-25(33-12-34-26(21)40)39-28(43)18-8-6-5-7-9-18/h5-9,12-16,19-20,23-24,30-31,42H,10-11H2,1-4H3,(H-2,33,34,37,38,39,43,44,45,46)/q-1/p+2/t15-,16-,19+,20+,23?,24?,30+,31+,53?/m0/s1. The highest BCUT2D eigenvalue weighted by molar-refractivity contribution is 7.89. The Labute approximate surface area is 304 Å². The molecule has 53 heavy (non-hydrogen) atoms. The lowest BCUT2D eigenvalue weighted by molar-refractivity contribution is -0.0479. The van der Waals surface area contributed by atoms with E-state index in [9.17, 15) is 24.2 Å². The molecule has 10 atom stereocenters. The highest BCUT2D eigenvalue weighted by atomic mass is 31.2. The molecule has 2 fully saturated rings. The van der Waals surface area contributed by atoms with Crippen molar-refractivity contribution < 1.29 is 42.4 Å². The summed E-state index contributed by atoms with van der Waals surface area (Å²) in [5.41, 5.74) is 1.04. The van der Waals surface area contributed by atoms with Crippen molar-refractivity contribution in [3.05, 3.63) is 71.1 Å². The van der Waals surface area contributed by atoms with Crippen LogP contribution in [0.3, 0.4) is 0 Å². The number of benzene rings is 1. The van der Waals surface area contributed by atoms with Crippen molar-refractivity contribution in [2.45, 2.75) is 57.6 Å². The van der Waals surface area contributed by atoms with Gasteiger partial charge < -0.3 is 24.9 Å². The van der Waals surface area contributed by atoms with Gasteiger partial charge in [-0.15, -0.1) is 9.42 Å². The van der Waals surface area contributed by atoms with Crippen molar-refractivity contribution in [3.63, 3.8) is 0 Å². The molecule has 22 heteroatoms. The fraction of sp³-hybridized carbons (Fsp3) is 0.452. The number of fused-ring (bicyclic) bond motifs is 2. The molecule has 4 aromatic heterocycles. The van der Waals surface area contributed by atoms with Crippen LogP contribution in [0, 0.1) is 18.8 Å². The van der Waals surface area contributed by atoms with Crippen LogP contribution in [0.15, 0.2) is 54.1 Å². The predicted octanol–water partition coefficient (Wildman–Crippen LogP) is 2.58. The first-order valence-electron chi connectivity index (χ1n) is 16.5. The zero-order chi connectivity index (χ0) is 37.6. The molecule has 7 rings (SSSR count). The van der Waals surface area contributed by atoms with Gasteiger partial charge in [0.15, 0.2) is 40.5 Å². The van der Waals surface area contributed by atoms with Gasteiger partial charge in [-0.1, -0.05) is 32.0 Å². The quantitative estimate of drug-likeness (QED) is 0.105. The Morgan fingerprint density at radius 1 is 1.02 bits per heavy atom. The number of aromatic nitrogens is 8. The molecule has 0 spiro atoms. The number of aryl methyl sites for hydroxylation is 1. The molecule has 0 aliphatic carbocycles. The maximum Gasteiger partial charge on any atom is 0.695 e. The van der Waals surface area contributed by atoms with Crippen LogP contribution in [0.25, 0.3) is 22.3 Å². The van der Waals surface area contributed by atoms with Crippen LogP contribution in [0.5, 0.6) is 0 Å². The van der Waals surface area contributed by atoms with Crippen molar-refractivity contribution in [2.24, 2.45) is 11.8 Å². The SMILES string of the molecule is [B-][P+](C)(OC[C@H]1O[C@@H](n2cnc3c(=O)[nH]c(C)nc32)C(O[P+](=O)O)[C@H]1C)OC1[C@@H](CO)O[C@@H](n2cnc3c(NC(=O)c4ccccc4)ncnc32)[C@H]1C. The first-order chi connectivity index (χ1) is 25.3. The maximum absolute atomic E-state index is 12.8. The molecule has 1 amide bonds. The highest BCUT2D eigenvalue weighted by Gasteiger charge is 2.51. The number of hydrogen-bond donors (Lipinski definition) is 4. The molecule has 1 aromatic carbocycles. The van der Waals surface area contributed by atoms with E-state index in [0.717, 1.165) is 0 Å². The zero-order valence-electron chi connectivity index (χ0n) is 28.9. The Kier molecular flexibility index (Phi) is 10.5. The second-order valence-electron chi connectivity index (χ2n) is 13.0. The van der Waals surface area contributed by atoms with E-state index in [-0.39, 0.29) is 36.1 Å². The van der Waals surface area contributed by atoms with Crippen LogP contribution in [0.2, 0.25) is 0 Å². The molecule has 19 nitrogen and oxygen atoms in total. The van der Waals surface area contributed by atoms with E-state index in [0.29, 0.717) is 22.6 Å². The molecule has 4 N–H and O–H groups in total. The number of hydrogen-bond acceptors (Lipinski definition) is 14. The van der Waals surface area contributed by atoms with Crippen molar-refractivity contribution in [2.75, 3.05) is 25.2 Å². The molecule has 2 aliphatic heterocycles. The van der Waals surface area contributed by atoms with Crippen molar-refractivity contribution in [1.82, 2.24) is 39.0 Å². The summed E-state index contributed by atoms with van der Waals surface area (Å²) < 4.78 is 45.5. The Bertz CT molecular complexity index is 2210. The van der Waals surface area contributed by atoms with Crippen molar-refractivity contribution in [1.29, 1.82) is 0 Å². The summed E-state index contributed by atoms with van der Waals surface area (Å²) >= 11 is 0. The van der Waals surface area contributed by atoms with E-state index in [1.807, 2.05) is 13.0 Å². The van der Waals surface area contributed by atoms with Crippen LogP contribution in [0.1, 0.15) is 42.5 Å². The number of aliphatic hydroxyl groups is 1. The number of amides is 1. The van der Waals surface area contributed by atoms with Gasteiger partial charge in [0.25, 0.3) is 11.5 Å². The molecule has 6 heterocycles. The number of H-pyrrole nitrogens is 1. The predicted molar refractivity (Wildman–Crippen MR) is 190 cm³/mol. The number of aromatic amines is 1. The van der Waals surface area contributed by atoms with E-state index in [4.69, 9.17) is 30.6 Å². The second-order valence-corrected chi connectivity index (χ2v) is 15.9. The smallest absolute Gasteiger partial charge is 0.394 e. The molecule has 0 bridgehead atoms. The molecule has 277 valence electrons. The minimum absolute atomic E-state index is 0.0728. The number of carbonyl (C=O) groups is 1. The van der Waals surface area contributed by atoms with E-state index >= 15 is 0 Å². The van der Waals surface area contributed by atoms with Crippen LogP contribution in [0.4, 0.5) is 5.82 Å².